The first-order valence-electron chi connectivity index (χ1n) is 9.12. The quantitative estimate of drug-likeness (QED) is 0.226. The highest BCUT2D eigenvalue weighted by Crippen LogP contribution is 2.45. The number of hydrogen-bond acceptors (Lipinski definition) is 5. The molecule has 3 aromatic carbocycles. The van der Waals surface area contributed by atoms with Crippen molar-refractivity contribution in [2.75, 3.05) is 4.72 Å². The van der Waals surface area contributed by atoms with E-state index in [1.54, 1.807) is 0 Å². The summed E-state index contributed by atoms with van der Waals surface area (Å²) in [5, 5.41) is 11.6. The van der Waals surface area contributed by atoms with E-state index >= 15 is 0 Å². The van der Waals surface area contributed by atoms with E-state index in [9.17, 15) is 44.9 Å². The number of benzene rings is 3. The van der Waals surface area contributed by atoms with Crippen LogP contribution in [-0.4, -0.2) is 18.8 Å². The zero-order valence-corrected chi connectivity index (χ0v) is 17.2. The summed E-state index contributed by atoms with van der Waals surface area (Å²) < 4.78 is 110. The first-order chi connectivity index (χ1) is 15.8. The summed E-state index contributed by atoms with van der Waals surface area (Å²) in [6.45, 7) is 0. The van der Waals surface area contributed by atoms with E-state index < -0.39 is 61.0 Å². The Bertz CT molecular complexity index is 1490. The van der Waals surface area contributed by atoms with Gasteiger partial charge in [0.15, 0.2) is 11.6 Å². The number of halogens is 6. The van der Waals surface area contributed by atoms with Crippen LogP contribution in [0.15, 0.2) is 48.2 Å². The molecule has 34 heavy (non-hydrogen) atoms. The predicted octanol–water partition coefficient (Wildman–Crippen LogP) is 5.27. The SMILES string of the molecule is O=[N+]([O-])C1=Cc2cc(NS(=O)(=O)C(F)(F)F)c3ccccc3c2OC1c1cc(F)c(F)cc1F. The molecule has 14 heteroatoms. The third-order valence-corrected chi connectivity index (χ3v) is 6.01. The molecule has 0 saturated heterocycles. The summed E-state index contributed by atoms with van der Waals surface area (Å²) in [4.78, 5) is 10.6. The van der Waals surface area contributed by atoms with E-state index in [1.807, 2.05) is 0 Å². The molecule has 3 aromatic rings. The van der Waals surface area contributed by atoms with E-state index in [2.05, 4.69) is 0 Å². The van der Waals surface area contributed by atoms with Crippen LogP contribution in [-0.2, 0) is 10.0 Å². The third-order valence-electron chi connectivity index (χ3n) is 4.91. The second kappa shape index (κ2) is 7.90. The Hall–Kier alpha value is -3.81. The summed E-state index contributed by atoms with van der Waals surface area (Å²) >= 11 is 0. The second-order valence-corrected chi connectivity index (χ2v) is 8.73. The largest absolute Gasteiger partial charge is 0.516 e. The van der Waals surface area contributed by atoms with Crippen molar-refractivity contribution < 1.29 is 44.4 Å². The molecule has 0 aliphatic carbocycles. The van der Waals surface area contributed by atoms with E-state index in [1.165, 1.54) is 29.0 Å². The Morgan fingerprint density at radius 1 is 0.971 bits per heavy atom. The van der Waals surface area contributed by atoms with Gasteiger partial charge in [0.25, 0.3) is 5.70 Å². The van der Waals surface area contributed by atoms with Gasteiger partial charge in [0.2, 0.25) is 6.10 Å². The number of fused-ring (bicyclic) bond motifs is 3. The highest BCUT2D eigenvalue weighted by molar-refractivity contribution is 7.93. The summed E-state index contributed by atoms with van der Waals surface area (Å²) in [6, 6.07) is 6.85. The van der Waals surface area contributed by atoms with Crippen molar-refractivity contribution in [1.82, 2.24) is 0 Å². The summed E-state index contributed by atoms with van der Waals surface area (Å²) in [6.07, 6.45) is -1.03. The lowest BCUT2D eigenvalue weighted by Gasteiger charge is -2.25. The van der Waals surface area contributed by atoms with Gasteiger partial charge >= 0.3 is 15.5 Å². The number of alkyl halides is 3. The first-order valence-corrected chi connectivity index (χ1v) is 10.6. The number of anilines is 1. The van der Waals surface area contributed by atoms with Gasteiger partial charge in [-0.3, -0.25) is 14.8 Å². The molecule has 0 amide bonds. The number of nitrogens with one attached hydrogen (secondary N) is 1. The van der Waals surface area contributed by atoms with Crippen molar-refractivity contribution in [1.29, 1.82) is 0 Å². The van der Waals surface area contributed by atoms with Gasteiger partial charge in [0, 0.05) is 34.0 Å². The average Bonchev–Trinajstić information content (AvgIpc) is 2.74. The molecule has 178 valence electrons. The third kappa shape index (κ3) is 3.89. The van der Waals surface area contributed by atoms with Crippen molar-refractivity contribution in [3.8, 4) is 5.75 Å². The van der Waals surface area contributed by atoms with Crippen LogP contribution in [0, 0.1) is 27.6 Å². The van der Waals surface area contributed by atoms with Gasteiger partial charge in [-0.25, -0.2) is 13.2 Å². The van der Waals surface area contributed by atoms with E-state index in [4.69, 9.17) is 4.74 Å². The zero-order valence-electron chi connectivity index (χ0n) is 16.4. The molecule has 7 nitrogen and oxygen atoms in total. The van der Waals surface area contributed by atoms with Crippen LogP contribution in [0.1, 0.15) is 17.2 Å². The monoisotopic (exact) mass is 504 g/mol. The molecule has 1 heterocycles. The number of sulfonamides is 1. The molecule has 0 bridgehead atoms. The summed E-state index contributed by atoms with van der Waals surface area (Å²) in [5.74, 6) is -4.53. The molecule has 0 radical (unpaired) electrons. The number of nitrogens with zero attached hydrogens (tertiary/aromatic N) is 1. The predicted molar refractivity (Wildman–Crippen MR) is 107 cm³/mol. The highest BCUT2D eigenvalue weighted by Gasteiger charge is 2.46. The lowest BCUT2D eigenvalue weighted by Crippen LogP contribution is -2.30. The minimum atomic E-state index is -5.84. The maximum absolute atomic E-state index is 14.4. The van der Waals surface area contributed by atoms with Crippen molar-refractivity contribution in [2.45, 2.75) is 11.6 Å². The van der Waals surface area contributed by atoms with Gasteiger partial charge in [0.05, 0.1) is 10.6 Å². The van der Waals surface area contributed by atoms with Crippen LogP contribution < -0.4 is 9.46 Å². The molecule has 1 aliphatic heterocycles. The van der Waals surface area contributed by atoms with Crippen LogP contribution in [0.5, 0.6) is 5.75 Å². The Morgan fingerprint density at radius 3 is 2.21 bits per heavy atom. The zero-order chi connectivity index (χ0) is 25.0. The normalized spacial score (nSPS) is 15.9. The van der Waals surface area contributed by atoms with Crippen molar-refractivity contribution in [2.24, 2.45) is 0 Å². The Kier molecular flexibility index (Phi) is 5.43. The van der Waals surface area contributed by atoms with E-state index in [-0.39, 0.29) is 28.2 Å². The first kappa shape index (κ1) is 23.4. The van der Waals surface area contributed by atoms with Crippen LogP contribution in [0.3, 0.4) is 0 Å². The van der Waals surface area contributed by atoms with Crippen molar-refractivity contribution in [3.63, 3.8) is 0 Å². The smallest absolute Gasteiger partial charge is 0.473 e. The number of ether oxygens (including phenoxy) is 1. The Balaban J connectivity index is 1.94. The van der Waals surface area contributed by atoms with Crippen LogP contribution in [0.25, 0.3) is 16.8 Å². The summed E-state index contributed by atoms with van der Waals surface area (Å²) in [7, 11) is -5.84. The molecule has 0 fully saturated rings. The minimum Gasteiger partial charge on any atom is -0.473 e. The van der Waals surface area contributed by atoms with E-state index in [0.717, 1.165) is 12.1 Å². The molecular formula is C20H10F6N2O5S. The van der Waals surface area contributed by atoms with Crippen LogP contribution >= 0.6 is 0 Å². The maximum Gasteiger partial charge on any atom is 0.516 e. The fourth-order valence-electron chi connectivity index (χ4n) is 3.42. The molecule has 0 spiro atoms. The van der Waals surface area contributed by atoms with Crippen molar-refractivity contribution >= 4 is 32.6 Å². The number of hydrogen-bond donors (Lipinski definition) is 1. The standard InChI is InChI=1S/C20H10F6N2O5S/c21-13-8-15(23)14(22)7-12(13)19-17(28(29)30)6-9-5-16(27-34(31,32)20(24,25)26)10-3-1-2-4-11(10)18(9)33-19/h1-8,19,27H. The molecular weight excluding hydrogens is 494 g/mol. The molecule has 1 aliphatic rings. The van der Waals surface area contributed by atoms with Crippen LogP contribution in [0.2, 0.25) is 0 Å². The fourth-order valence-corrected chi connectivity index (χ4v) is 3.99. The van der Waals surface area contributed by atoms with Gasteiger partial charge in [-0.1, -0.05) is 24.3 Å². The second-order valence-electron chi connectivity index (χ2n) is 7.05. The van der Waals surface area contributed by atoms with Gasteiger partial charge in [0.1, 0.15) is 11.6 Å². The molecule has 4 rings (SSSR count). The molecule has 0 aromatic heterocycles. The highest BCUT2D eigenvalue weighted by atomic mass is 32.2. The topological polar surface area (TPSA) is 98.5 Å². The lowest BCUT2D eigenvalue weighted by molar-refractivity contribution is -0.434. The molecule has 0 saturated carbocycles. The number of nitro groups is 1. The molecule has 1 N–H and O–H groups in total. The van der Waals surface area contributed by atoms with Gasteiger partial charge in [-0.2, -0.15) is 21.6 Å². The maximum atomic E-state index is 14.4. The van der Waals surface area contributed by atoms with Gasteiger partial charge in [-0.15, -0.1) is 0 Å². The lowest BCUT2D eigenvalue weighted by atomic mass is 9.96. The number of rotatable bonds is 4. The Labute approximate surface area is 186 Å². The Morgan fingerprint density at radius 2 is 1.59 bits per heavy atom. The molecule has 1 unspecified atom stereocenters. The van der Waals surface area contributed by atoms with Gasteiger partial charge < -0.3 is 4.74 Å². The van der Waals surface area contributed by atoms with Crippen molar-refractivity contribution in [3.05, 3.63) is 86.9 Å². The van der Waals surface area contributed by atoms with Gasteiger partial charge in [-0.05, 0) is 12.1 Å². The van der Waals surface area contributed by atoms with E-state index in [0.29, 0.717) is 6.07 Å². The summed E-state index contributed by atoms with van der Waals surface area (Å²) in [5.41, 5.74) is -7.94. The minimum absolute atomic E-state index is 0.0199. The fraction of sp³-hybridized carbons (Fsp3) is 0.100. The average molecular weight is 504 g/mol. The van der Waals surface area contributed by atoms with Crippen LogP contribution in [0.4, 0.5) is 32.0 Å². The molecule has 1 atom stereocenters.